The van der Waals surface area contributed by atoms with Crippen molar-refractivity contribution in [3.05, 3.63) is 36.5 Å². The van der Waals surface area contributed by atoms with Crippen LogP contribution < -0.4 is 5.32 Å². The SMILES string of the molecule is O=C(O)[C@@H]1CCCN1C(=O)CN1CC[C@H](Nc2ccnc3ccccc23)C1. The van der Waals surface area contributed by atoms with E-state index in [0.717, 1.165) is 42.5 Å². The predicted molar refractivity (Wildman–Crippen MR) is 103 cm³/mol. The Bertz CT molecular complexity index is 851. The molecule has 27 heavy (non-hydrogen) atoms. The molecule has 7 nitrogen and oxygen atoms in total. The summed E-state index contributed by atoms with van der Waals surface area (Å²) in [6, 6.07) is 9.62. The van der Waals surface area contributed by atoms with Crippen LogP contribution in [0.15, 0.2) is 36.5 Å². The summed E-state index contributed by atoms with van der Waals surface area (Å²) in [5.74, 6) is -0.971. The topological polar surface area (TPSA) is 85.8 Å². The van der Waals surface area contributed by atoms with Gasteiger partial charge in [-0.15, -0.1) is 0 Å². The van der Waals surface area contributed by atoms with Crippen LogP contribution in [0.25, 0.3) is 10.9 Å². The van der Waals surface area contributed by atoms with Crippen LogP contribution in [-0.2, 0) is 9.59 Å². The van der Waals surface area contributed by atoms with Crippen LogP contribution in [-0.4, -0.2) is 70.0 Å². The summed E-state index contributed by atoms with van der Waals surface area (Å²) in [7, 11) is 0. The Morgan fingerprint density at radius 3 is 2.89 bits per heavy atom. The van der Waals surface area contributed by atoms with Crippen LogP contribution in [0.2, 0.25) is 0 Å². The van der Waals surface area contributed by atoms with E-state index in [0.29, 0.717) is 19.5 Å². The smallest absolute Gasteiger partial charge is 0.326 e. The van der Waals surface area contributed by atoms with Crippen molar-refractivity contribution >= 4 is 28.5 Å². The largest absolute Gasteiger partial charge is 0.480 e. The molecule has 4 rings (SSSR count). The maximum atomic E-state index is 12.5. The van der Waals surface area contributed by atoms with Crippen LogP contribution in [0.5, 0.6) is 0 Å². The summed E-state index contributed by atoms with van der Waals surface area (Å²) < 4.78 is 0. The molecule has 0 radical (unpaired) electrons. The van der Waals surface area contributed by atoms with Gasteiger partial charge in [0.2, 0.25) is 5.91 Å². The highest BCUT2D eigenvalue weighted by molar-refractivity contribution is 5.91. The highest BCUT2D eigenvalue weighted by atomic mass is 16.4. The zero-order valence-electron chi connectivity index (χ0n) is 15.2. The number of nitrogens with zero attached hydrogens (tertiary/aromatic N) is 3. The fourth-order valence-corrected chi connectivity index (χ4v) is 4.14. The van der Waals surface area contributed by atoms with Gasteiger partial charge in [0, 0.05) is 42.9 Å². The normalized spacial score (nSPS) is 23.0. The van der Waals surface area contributed by atoms with Gasteiger partial charge in [0.15, 0.2) is 0 Å². The number of hydrogen-bond donors (Lipinski definition) is 2. The van der Waals surface area contributed by atoms with Gasteiger partial charge in [-0.3, -0.25) is 14.7 Å². The van der Waals surface area contributed by atoms with E-state index in [1.54, 1.807) is 6.20 Å². The Balaban J connectivity index is 1.36. The summed E-state index contributed by atoms with van der Waals surface area (Å²) in [6.07, 6.45) is 4.08. The number of aromatic nitrogens is 1. The van der Waals surface area contributed by atoms with Crippen molar-refractivity contribution < 1.29 is 14.7 Å². The first-order chi connectivity index (χ1) is 13.1. The number of hydrogen-bond acceptors (Lipinski definition) is 5. The number of aliphatic carboxylic acids is 1. The number of nitrogens with one attached hydrogen (secondary N) is 1. The summed E-state index contributed by atoms with van der Waals surface area (Å²) in [4.78, 5) is 31.9. The molecule has 2 saturated heterocycles. The maximum absolute atomic E-state index is 12.5. The van der Waals surface area contributed by atoms with Gasteiger partial charge in [-0.2, -0.15) is 0 Å². The summed E-state index contributed by atoms with van der Waals surface area (Å²) in [5, 5.41) is 13.9. The van der Waals surface area contributed by atoms with E-state index >= 15 is 0 Å². The first kappa shape index (κ1) is 17.7. The van der Waals surface area contributed by atoms with Gasteiger partial charge < -0.3 is 15.3 Å². The maximum Gasteiger partial charge on any atom is 0.326 e. The van der Waals surface area contributed by atoms with E-state index < -0.39 is 12.0 Å². The lowest BCUT2D eigenvalue weighted by Gasteiger charge is -2.24. The number of fused-ring (bicyclic) bond motifs is 1. The molecule has 0 spiro atoms. The molecule has 0 bridgehead atoms. The predicted octanol–water partition coefficient (Wildman–Crippen LogP) is 1.80. The number of benzene rings is 1. The van der Waals surface area contributed by atoms with E-state index in [1.165, 1.54) is 4.90 Å². The fraction of sp³-hybridized carbons (Fsp3) is 0.450. The third-order valence-corrected chi connectivity index (χ3v) is 5.50. The Kier molecular flexibility index (Phi) is 4.94. The van der Waals surface area contributed by atoms with E-state index in [4.69, 9.17) is 0 Å². The average Bonchev–Trinajstić information content (AvgIpc) is 3.32. The number of amides is 1. The lowest BCUT2D eigenvalue weighted by Crippen LogP contribution is -2.45. The zero-order valence-corrected chi connectivity index (χ0v) is 15.2. The van der Waals surface area contributed by atoms with Crippen molar-refractivity contribution in [2.75, 3.05) is 31.5 Å². The number of likely N-dealkylation sites (tertiary alicyclic amines) is 2. The highest BCUT2D eigenvalue weighted by Crippen LogP contribution is 2.24. The molecule has 142 valence electrons. The summed E-state index contributed by atoms with van der Waals surface area (Å²) in [6.45, 7) is 2.44. The van der Waals surface area contributed by atoms with Gasteiger partial charge in [-0.05, 0) is 31.4 Å². The second-order valence-corrected chi connectivity index (χ2v) is 7.32. The summed E-state index contributed by atoms with van der Waals surface area (Å²) in [5.41, 5.74) is 2.02. The molecule has 1 aromatic carbocycles. The van der Waals surface area contributed by atoms with Crippen molar-refractivity contribution in [1.29, 1.82) is 0 Å². The van der Waals surface area contributed by atoms with Crippen molar-refractivity contribution in [3.8, 4) is 0 Å². The zero-order chi connectivity index (χ0) is 18.8. The first-order valence-electron chi connectivity index (χ1n) is 9.47. The number of anilines is 1. The minimum atomic E-state index is -0.897. The van der Waals surface area contributed by atoms with Gasteiger partial charge in [-0.25, -0.2) is 4.79 Å². The number of carbonyl (C=O) groups excluding carboxylic acids is 1. The van der Waals surface area contributed by atoms with Gasteiger partial charge in [0.05, 0.1) is 12.1 Å². The highest BCUT2D eigenvalue weighted by Gasteiger charge is 2.35. The molecular weight excluding hydrogens is 344 g/mol. The minimum absolute atomic E-state index is 0.0742. The molecule has 2 fully saturated rings. The van der Waals surface area contributed by atoms with Crippen molar-refractivity contribution in [1.82, 2.24) is 14.8 Å². The van der Waals surface area contributed by atoms with E-state index in [9.17, 15) is 14.7 Å². The molecule has 2 atom stereocenters. The fourth-order valence-electron chi connectivity index (χ4n) is 4.14. The van der Waals surface area contributed by atoms with Crippen LogP contribution in [0, 0.1) is 0 Å². The number of carbonyl (C=O) groups is 2. The number of rotatable bonds is 5. The molecule has 7 heteroatoms. The Labute approximate surface area is 158 Å². The molecule has 1 amide bonds. The van der Waals surface area contributed by atoms with Crippen molar-refractivity contribution in [2.45, 2.75) is 31.3 Å². The number of para-hydroxylation sites is 1. The van der Waals surface area contributed by atoms with Crippen LogP contribution >= 0.6 is 0 Å². The number of carboxylic acid groups (broad SMARTS) is 1. The second-order valence-electron chi connectivity index (χ2n) is 7.32. The Morgan fingerprint density at radius 1 is 1.19 bits per heavy atom. The van der Waals surface area contributed by atoms with Gasteiger partial charge in [0.25, 0.3) is 0 Å². The van der Waals surface area contributed by atoms with Crippen LogP contribution in [0.1, 0.15) is 19.3 Å². The second kappa shape index (κ2) is 7.52. The molecule has 2 aliphatic rings. The minimum Gasteiger partial charge on any atom is -0.480 e. The third-order valence-electron chi connectivity index (χ3n) is 5.50. The molecule has 1 aromatic heterocycles. The first-order valence-corrected chi connectivity index (χ1v) is 9.47. The number of pyridine rings is 1. The molecule has 0 saturated carbocycles. The van der Waals surface area contributed by atoms with E-state index in [1.807, 2.05) is 24.3 Å². The molecule has 2 N–H and O–H groups in total. The van der Waals surface area contributed by atoms with Crippen LogP contribution in [0.3, 0.4) is 0 Å². The lowest BCUT2D eigenvalue weighted by atomic mass is 10.1. The average molecular weight is 368 g/mol. The number of carboxylic acids is 1. The standard InChI is InChI=1S/C20H24N4O3/c25-19(24-10-3-6-18(24)20(26)27)13-23-11-8-14(12-23)22-17-7-9-21-16-5-2-1-4-15(16)17/h1-2,4-5,7,9,14,18H,3,6,8,10-13H2,(H,21,22)(H,26,27)/t14-,18-/m0/s1. The van der Waals surface area contributed by atoms with E-state index in [-0.39, 0.29) is 11.9 Å². The van der Waals surface area contributed by atoms with Gasteiger partial charge in [0.1, 0.15) is 6.04 Å². The molecule has 2 aliphatic heterocycles. The monoisotopic (exact) mass is 368 g/mol. The Hall–Kier alpha value is -2.67. The van der Waals surface area contributed by atoms with Crippen molar-refractivity contribution in [2.24, 2.45) is 0 Å². The van der Waals surface area contributed by atoms with Crippen LogP contribution in [0.4, 0.5) is 5.69 Å². The summed E-state index contributed by atoms with van der Waals surface area (Å²) >= 11 is 0. The lowest BCUT2D eigenvalue weighted by molar-refractivity contribution is -0.148. The van der Waals surface area contributed by atoms with E-state index in [2.05, 4.69) is 21.3 Å². The molecule has 2 aromatic rings. The van der Waals surface area contributed by atoms with Gasteiger partial charge in [-0.1, -0.05) is 18.2 Å². The molecular formula is C20H24N4O3. The molecule has 0 aliphatic carbocycles. The quantitative estimate of drug-likeness (QED) is 0.837. The van der Waals surface area contributed by atoms with Gasteiger partial charge >= 0.3 is 5.97 Å². The third kappa shape index (κ3) is 3.73. The Morgan fingerprint density at radius 2 is 2.04 bits per heavy atom. The molecule has 3 heterocycles. The van der Waals surface area contributed by atoms with Crippen molar-refractivity contribution in [3.63, 3.8) is 0 Å². The molecule has 0 unspecified atom stereocenters.